The quantitative estimate of drug-likeness (QED) is 0.713. The summed E-state index contributed by atoms with van der Waals surface area (Å²) in [6.07, 6.45) is 0.633. The van der Waals surface area contributed by atoms with E-state index in [4.69, 9.17) is 4.74 Å². The number of esters is 1. The van der Waals surface area contributed by atoms with Crippen molar-refractivity contribution in [3.8, 4) is 0 Å². The molecule has 122 valence electrons. The minimum atomic E-state index is -0.341. The first-order chi connectivity index (χ1) is 11.7. The lowest BCUT2D eigenvalue weighted by Gasteiger charge is -2.31. The number of nitrogens with one attached hydrogen (secondary N) is 2. The number of para-hydroxylation sites is 1. The van der Waals surface area contributed by atoms with Gasteiger partial charge in [-0.3, -0.25) is 10.1 Å². The Hall–Kier alpha value is -2.59. The van der Waals surface area contributed by atoms with Gasteiger partial charge in [0.25, 0.3) is 0 Å². The second kappa shape index (κ2) is 5.80. The molecule has 0 saturated heterocycles. The van der Waals surface area contributed by atoms with E-state index < -0.39 is 0 Å². The van der Waals surface area contributed by atoms with Crippen LogP contribution in [0.15, 0.2) is 48.5 Å². The number of H-pyrrole nitrogens is 1. The minimum absolute atomic E-state index is 0.0496. The Morgan fingerprint density at radius 2 is 1.88 bits per heavy atom. The molecule has 0 aliphatic carbocycles. The molecule has 1 aliphatic heterocycles. The second-order valence-corrected chi connectivity index (χ2v) is 6.30. The van der Waals surface area contributed by atoms with Crippen molar-refractivity contribution < 1.29 is 9.53 Å². The largest absolute Gasteiger partial charge is 0.468 e. The summed E-state index contributed by atoms with van der Waals surface area (Å²) in [6.45, 7) is 2.10. The smallest absolute Gasteiger partial charge is 0.323 e. The van der Waals surface area contributed by atoms with Crippen LogP contribution < -0.4 is 5.32 Å². The lowest BCUT2D eigenvalue weighted by molar-refractivity contribution is -0.143. The van der Waals surface area contributed by atoms with Crippen LogP contribution in [0.1, 0.15) is 28.4 Å². The highest BCUT2D eigenvalue weighted by Crippen LogP contribution is 2.36. The molecule has 1 aromatic heterocycles. The van der Waals surface area contributed by atoms with E-state index in [0.717, 1.165) is 11.2 Å². The van der Waals surface area contributed by atoms with Gasteiger partial charge in [0.1, 0.15) is 6.04 Å². The van der Waals surface area contributed by atoms with Gasteiger partial charge in [0, 0.05) is 23.0 Å². The Kier molecular flexibility index (Phi) is 3.62. The first kappa shape index (κ1) is 15.0. The summed E-state index contributed by atoms with van der Waals surface area (Å²) in [5.74, 6) is -0.218. The van der Waals surface area contributed by atoms with Crippen molar-refractivity contribution in [2.24, 2.45) is 0 Å². The van der Waals surface area contributed by atoms with Gasteiger partial charge in [-0.05, 0) is 29.7 Å². The second-order valence-electron chi connectivity index (χ2n) is 6.30. The van der Waals surface area contributed by atoms with Crippen LogP contribution in [0.3, 0.4) is 0 Å². The van der Waals surface area contributed by atoms with Crippen molar-refractivity contribution in [1.29, 1.82) is 0 Å². The number of aromatic amines is 1. The number of fused-ring (bicyclic) bond motifs is 3. The van der Waals surface area contributed by atoms with Crippen LogP contribution in [0.4, 0.5) is 0 Å². The van der Waals surface area contributed by atoms with E-state index in [1.165, 1.54) is 29.2 Å². The molecule has 4 rings (SSSR count). The molecule has 4 nitrogen and oxygen atoms in total. The molecule has 1 aliphatic rings. The third-order valence-electron chi connectivity index (χ3n) is 4.90. The zero-order valence-corrected chi connectivity index (χ0v) is 13.8. The van der Waals surface area contributed by atoms with Crippen molar-refractivity contribution in [2.75, 3.05) is 7.11 Å². The van der Waals surface area contributed by atoms with Gasteiger partial charge in [0.2, 0.25) is 0 Å². The third kappa shape index (κ3) is 2.31. The van der Waals surface area contributed by atoms with Crippen LogP contribution in [0.5, 0.6) is 0 Å². The van der Waals surface area contributed by atoms with E-state index in [1.807, 2.05) is 24.3 Å². The number of aromatic nitrogens is 1. The summed E-state index contributed by atoms with van der Waals surface area (Å²) < 4.78 is 5.00. The zero-order chi connectivity index (χ0) is 16.7. The van der Waals surface area contributed by atoms with Crippen molar-refractivity contribution in [1.82, 2.24) is 10.3 Å². The SMILES string of the molecule is COC(=O)[C@@H]1Cc2c([nH]c3ccccc23)C(c2ccccc2C)N1. The Morgan fingerprint density at radius 3 is 2.67 bits per heavy atom. The summed E-state index contributed by atoms with van der Waals surface area (Å²) in [7, 11) is 1.44. The molecule has 24 heavy (non-hydrogen) atoms. The van der Waals surface area contributed by atoms with Crippen LogP contribution in [0.2, 0.25) is 0 Å². The maximum absolute atomic E-state index is 12.2. The fourth-order valence-corrected chi connectivity index (χ4v) is 3.68. The Labute approximate surface area is 140 Å². The van der Waals surface area contributed by atoms with Gasteiger partial charge in [-0.2, -0.15) is 0 Å². The zero-order valence-electron chi connectivity index (χ0n) is 13.8. The van der Waals surface area contributed by atoms with Gasteiger partial charge in [-0.1, -0.05) is 42.5 Å². The maximum Gasteiger partial charge on any atom is 0.323 e. The van der Waals surface area contributed by atoms with E-state index in [2.05, 4.69) is 41.5 Å². The lowest BCUT2D eigenvalue weighted by atomic mass is 9.88. The highest BCUT2D eigenvalue weighted by Gasteiger charge is 2.34. The topological polar surface area (TPSA) is 54.1 Å². The average Bonchev–Trinajstić information content (AvgIpc) is 2.99. The van der Waals surface area contributed by atoms with E-state index in [1.54, 1.807) is 0 Å². The van der Waals surface area contributed by atoms with Crippen molar-refractivity contribution in [3.63, 3.8) is 0 Å². The molecule has 2 heterocycles. The van der Waals surface area contributed by atoms with E-state index in [0.29, 0.717) is 6.42 Å². The van der Waals surface area contributed by atoms with Gasteiger partial charge >= 0.3 is 5.97 Å². The number of aryl methyl sites for hydroxylation is 1. The number of carbonyl (C=O) groups is 1. The molecular formula is C20H20N2O2. The van der Waals surface area contributed by atoms with Gasteiger partial charge in [0.05, 0.1) is 13.2 Å². The predicted molar refractivity (Wildman–Crippen MR) is 94.0 cm³/mol. The van der Waals surface area contributed by atoms with Gasteiger partial charge in [-0.25, -0.2) is 0 Å². The Bertz CT molecular complexity index is 913. The summed E-state index contributed by atoms with van der Waals surface area (Å²) in [5.41, 5.74) is 5.83. The number of carbonyl (C=O) groups excluding carboxylic acids is 1. The first-order valence-corrected chi connectivity index (χ1v) is 8.18. The molecule has 0 radical (unpaired) electrons. The minimum Gasteiger partial charge on any atom is -0.468 e. The molecule has 0 saturated carbocycles. The molecule has 3 aromatic rings. The normalized spacial score (nSPS) is 19.9. The van der Waals surface area contributed by atoms with Crippen LogP contribution in [0, 0.1) is 6.92 Å². The molecule has 0 fully saturated rings. The van der Waals surface area contributed by atoms with Crippen LogP contribution in [0.25, 0.3) is 10.9 Å². The molecular weight excluding hydrogens is 300 g/mol. The Balaban J connectivity index is 1.90. The van der Waals surface area contributed by atoms with Crippen molar-refractivity contribution >= 4 is 16.9 Å². The highest BCUT2D eigenvalue weighted by atomic mass is 16.5. The number of hydrogen-bond donors (Lipinski definition) is 2. The summed E-state index contributed by atoms with van der Waals surface area (Å²) in [5, 5.41) is 4.65. The van der Waals surface area contributed by atoms with Crippen molar-refractivity contribution in [3.05, 3.63) is 70.9 Å². The molecule has 2 N–H and O–H groups in total. The summed E-state index contributed by atoms with van der Waals surface area (Å²) in [4.78, 5) is 15.8. The fourth-order valence-electron chi connectivity index (χ4n) is 3.68. The highest BCUT2D eigenvalue weighted by molar-refractivity contribution is 5.87. The molecule has 4 heteroatoms. The number of rotatable bonds is 2. The molecule has 2 atom stereocenters. The lowest BCUT2D eigenvalue weighted by Crippen LogP contribution is -2.45. The average molecular weight is 320 g/mol. The number of ether oxygens (including phenoxy) is 1. The Morgan fingerprint density at radius 1 is 1.12 bits per heavy atom. The molecule has 0 amide bonds. The van der Waals surface area contributed by atoms with Crippen LogP contribution in [-0.2, 0) is 16.0 Å². The van der Waals surface area contributed by atoms with E-state index in [-0.39, 0.29) is 18.1 Å². The number of methoxy groups -OCH3 is 1. The van der Waals surface area contributed by atoms with Gasteiger partial charge in [0.15, 0.2) is 0 Å². The molecule has 1 unspecified atom stereocenters. The monoisotopic (exact) mass is 320 g/mol. The van der Waals surface area contributed by atoms with E-state index >= 15 is 0 Å². The fraction of sp³-hybridized carbons (Fsp3) is 0.250. The molecule has 2 aromatic carbocycles. The standard InChI is InChI=1S/C20H20N2O2/c1-12-7-3-4-8-13(12)18-19-15(11-17(22-18)20(23)24-2)14-9-5-6-10-16(14)21-19/h3-10,17-18,21-22H,11H2,1-2H3/t17-,18?/m0/s1. The van der Waals surface area contributed by atoms with E-state index in [9.17, 15) is 4.79 Å². The molecule has 0 spiro atoms. The molecule has 0 bridgehead atoms. The van der Waals surface area contributed by atoms with Gasteiger partial charge < -0.3 is 9.72 Å². The summed E-state index contributed by atoms with van der Waals surface area (Å²) >= 11 is 0. The predicted octanol–water partition coefficient (Wildman–Crippen LogP) is 3.25. The summed E-state index contributed by atoms with van der Waals surface area (Å²) in [6, 6.07) is 16.1. The van der Waals surface area contributed by atoms with Crippen LogP contribution >= 0.6 is 0 Å². The maximum atomic E-state index is 12.2. The third-order valence-corrected chi connectivity index (χ3v) is 4.90. The van der Waals surface area contributed by atoms with Crippen molar-refractivity contribution in [2.45, 2.75) is 25.4 Å². The van der Waals surface area contributed by atoms with Gasteiger partial charge in [-0.15, -0.1) is 0 Å². The first-order valence-electron chi connectivity index (χ1n) is 8.18. The number of benzene rings is 2. The van der Waals surface area contributed by atoms with Crippen LogP contribution in [-0.4, -0.2) is 24.1 Å². The number of hydrogen-bond acceptors (Lipinski definition) is 3.